The van der Waals surface area contributed by atoms with Gasteiger partial charge in [0.25, 0.3) is 5.91 Å². The van der Waals surface area contributed by atoms with Crippen molar-refractivity contribution in [1.29, 1.82) is 0 Å². The van der Waals surface area contributed by atoms with E-state index in [-0.39, 0.29) is 12.2 Å². The number of alkyl halides is 2. The van der Waals surface area contributed by atoms with E-state index in [2.05, 4.69) is 5.32 Å². The van der Waals surface area contributed by atoms with Crippen LogP contribution in [0.1, 0.15) is 25.8 Å². The number of rotatable bonds is 7. The van der Waals surface area contributed by atoms with Gasteiger partial charge >= 0.3 is 5.97 Å². The smallest absolute Gasteiger partial charge is 0.315 e. The number of benzene rings is 1. The van der Waals surface area contributed by atoms with Crippen molar-refractivity contribution in [3.63, 3.8) is 0 Å². The molecular weight excluding hydrogens is 353 g/mol. The van der Waals surface area contributed by atoms with Gasteiger partial charge in [0, 0.05) is 6.42 Å². The maximum Gasteiger partial charge on any atom is 0.315 e. The van der Waals surface area contributed by atoms with Crippen molar-refractivity contribution in [2.24, 2.45) is 5.41 Å². The largest absolute Gasteiger partial charge is 0.455 e. The van der Waals surface area contributed by atoms with Gasteiger partial charge in [-0.1, -0.05) is 30.3 Å². The molecule has 2 rings (SSSR count). The fourth-order valence-corrected chi connectivity index (χ4v) is 2.98. The Morgan fingerprint density at radius 2 is 1.83 bits per heavy atom. The van der Waals surface area contributed by atoms with Crippen LogP contribution >= 0.6 is 23.2 Å². The SMILES string of the molecule is CC(=O)[C@H](Cc1ccccc1)NC(=O)COC(=O)[C@]1(C)CC1(Cl)Cl. The van der Waals surface area contributed by atoms with Crippen molar-refractivity contribution in [3.8, 4) is 0 Å². The van der Waals surface area contributed by atoms with Crippen LogP contribution in [0.4, 0.5) is 0 Å². The average Bonchev–Trinajstić information content (AvgIpc) is 3.05. The van der Waals surface area contributed by atoms with Crippen molar-refractivity contribution < 1.29 is 19.1 Å². The normalized spacial score (nSPS) is 22.3. The van der Waals surface area contributed by atoms with Crippen LogP contribution in [-0.2, 0) is 25.5 Å². The molecule has 1 aliphatic rings. The predicted octanol–water partition coefficient (Wildman–Crippen LogP) is 2.43. The summed E-state index contributed by atoms with van der Waals surface area (Å²) in [7, 11) is 0. The number of Topliss-reactive ketones (excluding diaryl/α,β-unsaturated/α-hetero) is 1. The molecule has 1 amide bonds. The van der Waals surface area contributed by atoms with E-state index in [0.717, 1.165) is 5.56 Å². The topological polar surface area (TPSA) is 72.5 Å². The highest BCUT2D eigenvalue weighted by atomic mass is 35.5. The quantitative estimate of drug-likeness (QED) is 0.590. The average molecular weight is 372 g/mol. The third-order valence-corrected chi connectivity index (χ3v) is 5.25. The van der Waals surface area contributed by atoms with Gasteiger partial charge in [-0.25, -0.2) is 0 Å². The van der Waals surface area contributed by atoms with E-state index in [1.165, 1.54) is 6.92 Å². The number of amides is 1. The summed E-state index contributed by atoms with van der Waals surface area (Å²) in [5, 5.41) is 2.58. The zero-order valence-electron chi connectivity index (χ0n) is 13.5. The predicted molar refractivity (Wildman–Crippen MR) is 90.9 cm³/mol. The first-order valence-corrected chi connectivity index (χ1v) is 8.30. The van der Waals surface area contributed by atoms with Gasteiger partial charge in [0.2, 0.25) is 0 Å². The van der Waals surface area contributed by atoms with Gasteiger partial charge in [0.05, 0.1) is 6.04 Å². The van der Waals surface area contributed by atoms with Crippen molar-refractivity contribution in [3.05, 3.63) is 35.9 Å². The molecule has 1 aliphatic carbocycles. The van der Waals surface area contributed by atoms with Gasteiger partial charge in [0.15, 0.2) is 12.4 Å². The first kappa shape index (κ1) is 18.7. The van der Waals surface area contributed by atoms with Crippen LogP contribution in [0, 0.1) is 5.41 Å². The first-order chi connectivity index (χ1) is 11.2. The zero-order valence-corrected chi connectivity index (χ0v) is 15.0. The molecule has 0 aliphatic heterocycles. The molecule has 24 heavy (non-hydrogen) atoms. The van der Waals surface area contributed by atoms with Crippen LogP contribution in [0.2, 0.25) is 0 Å². The first-order valence-electron chi connectivity index (χ1n) is 7.54. The lowest BCUT2D eigenvalue weighted by Crippen LogP contribution is -2.43. The van der Waals surface area contributed by atoms with E-state index in [4.69, 9.17) is 27.9 Å². The summed E-state index contributed by atoms with van der Waals surface area (Å²) in [6.45, 7) is 2.51. The molecule has 0 bridgehead atoms. The van der Waals surface area contributed by atoms with Crippen LogP contribution in [-0.4, -0.2) is 34.6 Å². The monoisotopic (exact) mass is 371 g/mol. The minimum Gasteiger partial charge on any atom is -0.455 e. The lowest BCUT2D eigenvalue weighted by Gasteiger charge is -2.17. The highest BCUT2D eigenvalue weighted by molar-refractivity contribution is 6.53. The third-order valence-electron chi connectivity index (χ3n) is 4.15. The van der Waals surface area contributed by atoms with Crippen LogP contribution in [0.3, 0.4) is 0 Å². The zero-order chi connectivity index (χ0) is 18.0. The van der Waals surface area contributed by atoms with Gasteiger partial charge in [-0.05, 0) is 25.8 Å². The van der Waals surface area contributed by atoms with Crippen molar-refractivity contribution >= 4 is 40.9 Å². The Kier molecular flexibility index (Phi) is 5.56. The van der Waals surface area contributed by atoms with Gasteiger partial charge in [-0.3, -0.25) is 14.4 Å². The Hall–Kier alpha value is -1.59. The molecule has 0 aromatic heterocycles. The van der Waals surface area contributed by atoms with E-state index < -0.39 is 34.3 Å². The fourth-order valence-electron chi connectivity index (χ4n) is 2.29. The number of hydrogen-bond acceptors (Lipinski definition) is 4. The standard InChI is InChI=1S/C17H19Cl2NO4/c1-11(21)13(8-12-6-4-3-5-7-12)20-14(22)9-24-15(23)16(2)10-17(16,18)19/h3-7,13H,8-10H2,1-2H3,(H,20,22)/t13-,16-/m0/s1. The van der Waals surface area contributed by atoms with E-state index in [9.17, 15) is 14.4 Å². The molecule has 2 atom stereocenters. The summed E-state index contributed by atoms with van der Waals surface area (Å²) in [6.07, 6.45) is 0.660. The molecular formula is C17H19Cl2NO4. The van der Waals surface area contributed by atoms with Gasteiger partial charge in [-0.2, -0.15) is 0 Å². The summed E-state index contributed by atoms with van der Waals surface area (Å²) in [6, 6.07) is 8.66. The number of carbonyl (C=O) groups excluding carboxylic acids is 3. The molecule has 130 valence electrons. The Bertz CT molecular complexity index is 647. The summed E-state index contributed by atoms with van der Waals surface area (Å²) >= 11 is 11.8. The molecule has 7 heteroatoms. The van der Waals surface area contributed by atoms with Gasteiger partial charge < -0.3 is 10.1 Å². The maximum absolute atomic E-state index is 12.0. The summed E-state index contributed by atoms with van der Waals surface area (Å²) < 4.78 is 3.82. The highest BCUT2D eigenvalue weighted by Crippen LogP contribution is 2.64. The molecule has 0 unspecified atom stereocenters. The number of ether oxygens (including phenoxy) is 1. The minimum atomic E-state index is -1.14. The van der Waals surface area contributed by atoms with Crippen LogP contribution in [0.15, 0.2) is 30.3 Å². The molecule has 0 saturated heterocycles. The molecule has 1 saturated carbocycles. The molecule has 1 N–H and O–H groups in total. The summed E-state index contributed by atoms with van der Waals surface area (Å²) in [4.78, 5) is 35.6. The number of esters is 1. The molecule has 1 aromatic rings. The number of hydrogen-bond donors (Lipinski definition) is 1. The molecule has 5 nitrogen and oxygen atoms in total. The maximum atomic E-state index is 12.0. The lowest BCUT2D eigenvalue weighted by atomic mass is 10.0. The van der Waals surface area contributed by atoms with Gasteiger partial charge in [-0.15, -0.1) is 23.2 Å². The third kappa shape index (κ3) is 4.28. The van der Waals surface area contributed by atoms with Crippen LogP contribution in [0.5, 0.6) is 0 Å². The summed E-state index contributed by atoms with van der Waals surface area (Å²) in [5.74, 6) is -1.34. The number of halogens is 2. The molecule has 0 spiro atoms. The fraction of sp³-hybridized carbons (Fsp3) is 0.471. The number of ketones is 1. The lowest BCUT2D eigenvalue weighted by molar-refractivity contribution is -0.153. The van der Waals surface area contributed by atoms with Crippen molar-refractivity contribution in [2.45, 2.75) is 37.1 Å². The Morgan fingerprint density at radius 3 is 2.33 bits per heavy atom. The number of carbonyl (C=O) groups is 3. The number of nitrogens with one attached hydrogen (secondary N) is 1. The molecule has 1 fully saturated rings. The van der Waals surface area contributed by atoms with E-state index in [0.29, 0.717) is 6.42 Å². The molecule has 1 aromatic carbocycles. The highest BCUT2D eigenvalue weighted by Gasteiger charge is 2.69. The van der Waals surface area contributed by atoms with Crippen LogP contribution < -0.4 is 5.32 Å². The Labute approximate surface area is 150 Å². The molecule has 0 radical (unpaired) electrons. The van der Waals surface area contributed by atoms with E-state index >= 15 is 0 Å². The second kappa shape index (κ2) is 7.11. The van der Waals surface area contributed by atoms with Gasteiger partial charge in [0.1, 0.15) is 9.75 Å². The Morgan fingerprint density at radius 1 is 1.25 bits per heavy atom. The Balaban J connectivity index is 1.85. The summed E-state index contributed by atoms with van der Waals surface area (Å²) in [5.41, 5.74) is -0.0602. The van der Waals surface area contributed by atoms with E-state index in [1.807, 2.05) is 30.3 Å². The van der Waals surface area contributed by atoms with Crippen molar-refractivity contribution in [2.75, 3.05) is 6.61 Å². The van der Waals surface area contributed by atoms with Crippen molar-refractivity contribution in [1.82, 2.24) is 5.32 Å². The van der Waals surface area contributed by atoms with Crippen LogP contribution in [0.25, 0.3) is 0 Å². The van der Waals surface area contributed by atoms with E-state index in [1.54, 1.807) is 6.92 Å². The molecule has 0 heterocycles. The minimum absolute atomic E-state index is 0.173. The second-order valence-electron chi connectivity index (χ2n) is 6.21. The second-order valence-corrected chi connectivity index (χ2v) is 7.69.